The van der Waals surface area contributed by atoms with Crippen molar-refractivity contribution in [2.24, 2.45) is 0 Å². The normalized spacial score (nSPS) is 10.5. The van der Waals surface area contributed by atoms with Crippen LogP contribution in [0, 0.1) is 0 Å². The van der Waals surface area contributed by atoms with Crippen LogP contribution in [0.2, 0.25) is 0 Å². The minimum absolute atomic E-state index is 0.272. The fourth-order valence-corrected chi connectivity index (χ4v) is 2.65. The van der Waals surface area contributed by atoms with Gasteiger partial charge in [0.2, 0.25) is 0 Å². The number of benzene rings is 1. The van der Waals surface area contributed by atoms with Gasteiger partial charge in [-0.2, -0.15) is 0 Å². The molecule has 0 atom stereocenters. The van der Waals surface area contributed by atoms with Gasteiger partial charge in [-0.15, -0.1) is 0 Å². The molecule has 1 rings (SSSR count). The van der Waals surface area contributed by atoms with E-state index in [0.29, 0.717) is 44.3 Å². The molecule has 0 amide bonds. The summed E-state index contributed by atoms with van der Waals surface area (Å²) in [7, 11) is 0. The van der Waals surface area contributed by atoms with Gasteiger partial charge in [-0.05, 0) is 37.1 Å². The van der Waals surface area contributed by atoms with Crippen molar-refractivity contribution in [2.45, 2.75) is 65.2 Å². The number of hydrogen-bond acceptors (Lipinski definition) is 4. The lowest BCUT2D eigenvalue weighted by Gasteiger charge is -2.24. The van der Waals surface area contributed by atoms with Crippen molar-refractivity contribution in [3.8, 4) is 0 Å². The molecule has 0 N–H and O–H groups in total. The third-order valence-corrected chi connectivity index (χ3v) is 4.33. The zero-order valence-corrected chi connectivity index (χ0v) is 15.6. The highest BCUT2D eigenvalue weighted by Gasteiger charge is 2.12. The number of hydrogen-bond donors (Lipinski definition) is 0. The van der Waals surface area contributed by atoms with Crippen molar-refractivity contribution in [1.82, 2.24) is 0 Å². The molecule has 0 aliphatic heterocycles. The van der Waals surface area contributed by atoms with E-state index in [1.807, 2.05) is 12.1 Å². The molecule has 1 aromatic rings. The first kappa shape index (κ1) is 21.1. The molecule has 0 bridgehead atoms. The minimum atomic E-state index is 0.272. The summed E-state index contributed by atoms with van der Waals surface area (Å²) in [6.45, 7) is 5.39. The Morgan fingerprint density at radius 1 is 0.840 bits per heavy atom. The molecule has 1 aromatic carbocycles. The first-order valence-corrected chi connectivity index (χ1v) is 9.44. The zero-order valence-electron chi connectivity index (χ0n) is 15.6. The van der Waals surface area contributed by atoms with E-state index in [1.54, 1.807) is 12.1 Å². The average molecular weight is 345 g/mol. The fraction of sp³-hybridized carbons (Fsp3) is 0.571. The monoisotopic (exact) mass is 345 g/mol. The lowest BCUT2D eigenvalue weighted by atomic mass is 10.1. The van der Waals surface area contributed by atoms with Gasteiger partial charge in [-0.3, -0.25) is 14.4 Å². The molecule has 4 nitrogen and oxygen atoms in total. The van der Waals surface area contributed by atoms with Crippen LogP contribution in [0.3, 0.4) is 0 Å². The number of aldehydes is 1. The van der Waals surface area contributed by atoms with Crippen LogP contribution in [-0.2, 0) is 9.59 Å². The second-order valence-electron chi connectivity index (χ2n) is 6.48. The molecule has 138 valence electrons. The molecule has 0 spiro atoms. The van der Waals surface area contributed by atoms with E-state index in [9.17, 15) is 14.4 Å². The van der Waals surface area contributed by atoms with Crippen LogP contribution in [-0.4, -0.2) is 30.9 Å². The second kappa shape index (κ2) is 12.4. The number of anilines is 1. The predicted octanol–water partition coefficient (Wildman–Crippen LogP) is 4.60. The molecule has 0 saturated carbocycles. The SMILES string of the molecule is CCCCC(=O)CCN(CCC(=O)CCCC)c1ccc(C=O)cc1. The lowest BCUT2D eigenvalue weighted by molar-refractivity contribution is -0.119. The van der Waals surface area contributed by atoms with E-state index in [2.05, 4.69) is 18.7 Å². The highest BCUT2D eigenvalue weighted by molar-refractivity contribution is 5.80. The van der Waals surface area contributed by atoms with Crippen LogP contribution in [0.5, 0.6) is 0 Å². The maximum Gasteiger partial charge on any atom is 0.150 e. The minimum Gasteiger partial charge on any atom is -0.371 e. The molecular formula is C21H31NO3. The van der Waals surface area contributed by atoms with Crippen LogP contribution in [0.25, 0.3) is 0 Å². The molecule has 0 aliphatic rings. The zero-order chi connectivity index (χ0) is 18.5. The quantitative estimate of drug-likeness (QED) is 0.462. The predicted molar refractivity (Wildman–Crippen MR) is 102 cm³/mol. The molecular weight excluding hydrogens is 314 g/mol. The Hall–Kier alpha value is -1.97. The maximum absolute atomic E-state index is 12.0. The van der Waals surface area contributed by atoms with E-state index >= 15 is 0 Å². The van der Waals surface area contributed by atoms with Gasteiger partial charge < -0.3 is 4.90 Å². The first-order valence-electron chi connectivity index (χ1n) is 9.44. The number of carbonyl (C=O) groups is 3. The van der Waals surface area contributed by atoms with Gasteiger partial charge in [0, 0.05) is 50.0 Å². The number of unbranched alkanes of at least 4 members (excludes halogenated alkanes) is 2. The van der Waals surface area contributed by atoms with Gasteiger partial charge in [0.05, 0.1) is 0 Å². The van der Waals surface area contributed by atoms with Crippen molar-refractivity contribution in [2.75, 3.05) is 18.0 Å². The third-order valence-electron chi connectivity index (χ3n) is 4.33. The van der Waals surface area contributed by atoms with Gasteiger partial charge >= 0.3 is 0 Å². The van der Waals surface area contributed by atoms with Gasteiger partial charge in [-0.25, -0.2) is 0 Å². The Morgan fingerprint density at radius 2 is 1.32 bits per heavy atom. The van der Waals surface area contributed by atoms with Crippen LogP contribution in [0.15, 0.2) is 24.3 Å². The molecule has 0 aromatic heterocycles. The molecule has 0 fully saturated rings. The molecule has 0 radical (unpaired) electrons. The van der Waals surface area contributed by atoms with Crippen molar-refractivity contribution in [3.05, 3.63) is 29.8 Å². The number of carbonyl (C=O) groups excluding carboxylic acids is 3. The summed E-state index contributed by atoms with van der Waals surface area (Å²) in [6, 6.07) is 7.31. The Labute approximate surface area is 151 Å². The van der Waals surface area contributed by atoms with Crippen LogP contribution in [0.1, 0.15) is 75.6 Å². The molecule has 0 saturated heterocycles. The van der Waals surface area contributed by atoms with Crippen molar-refractivity contribution in [1.29, 1.82) is 0 Å². The summed E-state index contributed by atoms with van der Waals surface area (Å²) in [5.41, 5.74) is 1.58. The van der Waals surface area contributed by atoms with Crippen molar-refractivity contribution >= 4 is 23.5 Å². The lowest BCUT2D eigenvalue weighted by Crippen LogP contribution is -2.28. The van der Waals surface area contributed by atoms with Crippen LogP contribution in [0.4, 0.5) is 5.69 Å². The van der Waals surface area contributed by atoms with E-state index in [0.717, 1.165) is 37.7 Å². The topological polar surface area (TPSA) is 54.5 Å². The van der Waals surface area contributed by atoms with Crippen LogP contribution < -0.4 is 4.90 Å². The summed E-state index contributed by atoms with van der Waals surface area (Å²) in [5.74, 6) is 0.544. The molecule has 4 heteroatoms. The molecule has 25 heavy (non-hydrogen) atoms. The second-order valence-corrected chi connectivity index (χ2v) is 6.48. The number of nitrogens with zero attached hydrogens (tertiary/aromatic N) is 1. The summed E-state index contributed by atoms with van der Waals surface area (Å²) in [6.07, 6.45) is 6.98. The van der Waals surface area contributed by atoms with E-state index in [1.165, 1.54) is 0 Å². The number of rotatable bonds is 14. The average Bonchev–Trinajstić information content (AvgIpc) is 2.64. The highest BCUT2D eigenvalue weighted by atomic mass is 16.1. The van der Waals surface area contributed by atoms with Gasteiger partial charge in [0.15, 0.2) is 0 Å². The van der Waals surface area contributed by atoms with Gasteiger partial charge in [0.25, 0.3) is 0 Å². The summed E-state index contributed by atoms with van der Waals surface area (Å²) < 4.78 is 0. The highest BCUT2D eigenvalue weighted by Crippen LogP contribution is 2.17. The van der Waals surface area contributed by atoms with Crippen molar-refractivity contribution < 1.29 is 14.4 Å². The van der Waals surface area contributed by atoms with E-state index in [-0.39, 0.29) is 11.6 Å². The Bertz CT molecular complexity index is 513. The maximum atomic E-state index is 12.0. The molecule has 0 aliphatic carbocycles. The fourth-order valence-electron chi connectivity index (χ4n) is 2.65. The standard InChI is InChI=1S/C21H31NO3/c1-3-5-7-20(24)13-15-22(16-14-21(25)8-6-4-2)19-11-9-18(17-23)10-12-19/h9-12,17H,3-8,13-16H2,1-2H3. The van der Waals surface area contributed by atoms with E-state index in [4.69, 9.17) is 0 Å². The van der Waals surface area contributed by atoms with Gasteiger partial charge in [-0.1, -0.05) is 26.7 Å². The summed E-state index contributed by atoms with van der Waals surface area (Å²) in [5, 5.41) is 0. The van der Waals surface area contributed by atoms with Gasteiger partial charge in [0.1, 0.15) is 17.9 Å². The molecule has 0 unspecified atom stereocenters. The Balaban J connectivity index is 2.66. The largest absolute Gasteiger partial charge is 0.371 e. The number of Topliss-reactive ketones (excluding diaryl/α,β-unsaturated/α-hetero) is 2. The van der Waals surface area contributed by atoms with Crippen molar-refractivity contribution in [3.63, 3.8) is 0 Å². The Morgan fingerprint density at radius 3 is 1.72 bits per heavy atom. The third kappa shape index (κ3) is 8.62. The smallest absolute Gasteiger partial charge is 0.150 e. The summed E-state index contributed by atoms with van der Waals surface area (Å²) >= 11 is 0. The summed E-state index contributed by atoms with van der Waals surface area (Å²) in [4.78, 5) is 36.9. The van der Waals surface area contributed by atoms with Crippen LogP contribution >= 0.6 is 0 Å². The molecule has 0 heterocycles. The first-order chi connectivity index (χ1) is 12.1. The van der Waals surface area contributed by atoms with E-state index < -0.39 is 0 Å². The Kier molecular flexibility index (Phi) is 10.5. The number of ketones is 2.